The van der Waals surface area contributed by atoms with E-state index in [-0.39, 0.29) is 18.5 Å². The van der Waals surface area contributed by atoms with Gasteiger partial charge in [0.2, 0.25) is 5.91 Å². The number of nitrogens with zero attached hydrogens (tertiary/aromatic N) is 1. The van der Waals surface area contributed by atoms with E-state index < -0.39 is 0 Å². The Morgan fingerprint density at radius 1 is 1.33 bits per heavy atom. The van der Waals surface area contributed by atoms with E-state index in [1.807, 2.05) is 39.5 Å². The van der Waals surface area contributed by atoms with Gasteiger partial charge in [-0.2, -0.15) is 0 Å². The van der Waals surface area contributed by atoms with Crippen LogP contribution in [0, 0.1) is 13.8 Å². The third kappa shape index (κ3) is 5.71. The zero-order valence-corrected chi connectivity index (χ0v) is 14.3. The van der Waals surface area contributed by atoms with Gasteiger partial charge in [0.15, 0.2) is 5.11 Å². The van der Waals surface area contributed by atoms with Crippen molar-refractivity contribution in [3.63, 3.8) is 0 Å². The summed E-state index contributed by atoms with van der Waals surface area (Å²) in [5, 5.41) is 6.69. The van der Waals surface area contributed by atoms with Crippen molar-refractivity contribution in [1.82, 2.24) is 10.2 Å². The molecule has 0 aliphatic rings. The van der Waals surface area contributed by atoms with Crippen LogP contribution in [0.15, 0.2) is 18.2 Å². The number of amides is 1. The van der Waals surface area contributed by atoms with E-state index >= 15 is 0 Å². The van der Waals surface area contributed by atoms with E-state index in [1.54, 1.807) is 0 Å². The highest BCUT2D eigenvalue weighted by atomic mass is 32.1. The summed E-state index contributed by atoms with van der Waals surface area (Å²) in [7, 11) is 0. The number of rotatable bonds is 5. The molecule has 5 heteroatoms. The van der Waals surface area contributed by atoms with Crippen LogP contribution >= 0.6 is 12.2 Å². The Hall–Kier alpha value is -1.62. The average molecular weight is 307 g/mol. The molecule has 2 N–H and O–H groups in total. The number of benzene rings is 1. The predicted octanol–water partition coefficient (Wildman–Crippen LogP) is 2.85. The fourth-order valence-corrected chi connectivity index (χ4v) is 2.24. The molecule has 21 heavy (non-hydrogen) atoms. The molecule has 1 aromatic rings. The molecule has 0 spiro atoms. The summed E-state index contributed by atoms with van der Waals surface area (Å²) in [5.74, 6) is -0.0167. The number of carbonyl (C=O) groups excluding carboxylic acids is 1. The third-order valence-electron chi connectivity index (χ3n) is 3.09. The Balaban J connectivity index is 2.71. The molecule has 0 aliphatic heterocycles. The molecule has 0 aromatic heterocycles. The van der Waals surface area contributed by atoms with Crippen molar-refractivity contribution in [2.45, 2.75) is 40.7 Å². The van der Waals surface area contributed by atoms with Gasteiger partial charge in [-0.25, -0.2) is 0 Å². The maximum atomic E-state index is 11.9. The van der Waals surface area contributed by atoms with Crippen molar-refractivity contribution in [3.05, 3.63) is 29.3 Å². The number of hydrogen-bond donors (Lipinski definition) is 2. The van der Waals surface area contributed by atoms with E-state index in [2.05, 4.69) is 28.8 Å². The summed E-state index contributed by atoms with van der Waals surface area (Å²) in [5.41, 5.74) is 3.29. The molecule has 0 aliphatic carbocycles. The Morgan fingerprint density at radius 2 is 2.00 bits per heavy atom. The summed E-state index contributed by atoms with van der Waals surface area (Å²) in [6.07, 6.45) is 0. The summed E-state index contributed by atoms with van der Waals surface area (Å²) in [4.78, 5) is 13.7. The van der Waals surface area contributed by atoms with Crippen LogP contribution in [0.5, 0.6) is 0 Å². The molecular weight excluding hydrogens is 282 g/mol. The molecule has 1 rings (SSSR count). The fraction of sp³-hybridized carbons (Fsp3) is 0.500. The highest BCUT2D eigenvalue weighted by molar-refractivity contribution is 7.80. The molecule has 0 saturated heterocycles. The first-order chi connectivity index (χ1) is 9.83. The Labute approximate surface area is 132 Å². The molecule has 0 heterocycles. The quantitative estimate of drug-likeness (QED) is 0.821. The largest absolute Gasteiger partial charge is 0.352 e. The minimum absolute atomic E-state index is 0.0167. The smallest absolute Gasteiger partial charge is 0.239 e. The molecule has 0 radical (unpaired) electrons. The maximum absolute atomic E-state index is 11.9. The third-order valence-corrected chi connectivity index (χ3v) is 3.45. The van der Waals surface area contributed by atoms with Crippen molar-refractivity contribution in [2.24, 2.45) is 0 Å². The van der Waals surface area contributed by atoms with Crippen LogP contribution in [-0.4, -0.2) is 35.1 Å². The summed E-state index contributed by atoms with van der Waals surface area (Å²) in [6, 6.07) is 6.32. The SMILES string of the molecule is CCN(CC(=O)NC(C)C)C(=S)Nc1cc(C)ccc1C. The molecule has 1 aromatic carbocycles. The zero-order chi connectivity index (χ0) is 16.0. The van der Waals surface area contributed by atoms with E-state index in [0.29, 0.717) is 11.7 Å². The topological polar surface area (TPSA) is 44.4 Å². The molecule has 0 saturated carbocycles. The highest BCUT2D eigenvalue weighted by Crippen LogP contribution is 2.16. The van der Waals surface area contributed by atoms with Gasteiger partial charge in [-0.1, -0.05) is 12.1 Å². The van der Waals surface area contributed by atoms with Crippen LogP contribution in [0.25, 0.3) is 0 Å². The summed E-state index contributed by atoms with van der Waals surface area (Å²) >= 11 is 5.43. The Bertz CT molecular complexity index is 514. The summed E-state index contributed by atoms with van der Waals surface area (Å²) in [6.45, 7) is 10.9. The minimum Gasteiger partial charge on any atom is -0.352 e. The number of thiocarbonyl (C=S) groups is 1. The van der Waals surface area contributed by atoms with Crippen LogP contribution < -0.4 is 10.6 Å². The molecule has 1 amide bonds. The number of carbonyl (C=O) groups is 1. The van der Waals surface area contributed by atoms with Crippen LogP contribution in [0.2, 0.25) is 0 Å². The molecule has 0 bridgehead atoms. The molecule has 4 nitrogen and oxygen atoms in total. The molecule has 116 valence electrons. The minimum atomic E-state index is -0.0167. The van der Waals surface area contributed by atoms with Gasteiger partial charge >= 0.3 is 0 Å². The maximum Gasteiger partial charge on any atom is 0.239 e. The van der Waals surface area contributed by atoms with Gasteiger partial charge in [0.05, 0.1) is 6.54 Å². The standard InChI is InChI=1S/C16H25N3OS/c1-6-19(10-15(20)17-11(2)3)16(21)18-14-9-12(4)7-8-13(14)5/h7-9,11H,6,10H2,1-5H3,(H,17,20)(H,18,21). The molecule has 0 unspecified atom stereocenters. The fourth-order valence-electron chi connectivity index (χ4n) is 1.93. The molecular formula is C16H25N3OS. The number of aryl methyl sites for hydroxylation is 2. The Kier molecular flexibility index (Phi) is 6.62. The highest BCUT2D eigenvalue weighted by Gasteiger charge is 2.13. The molecule has 0 atom stereocenters. The lowest BCUT2D eigenvalue weighted by molar-refractivity contribution is -0.121. The molecule has 0 fully saturated rings. The second kappa shape index (κ2) is 7.98. The number of anilines is 1. The Morgan fingerprint density at radius 3 is 2.57 bits per heavy atom. The first-order valence-electron chi connectivity index (χ1n) is 7.26. The van der Waals surface area contributed by atoms with Crippen LogP contribution in [0.4, 0.5) is 5.69 Å². The van der Waals surface area contributed by atoms with Gasteiger partial charge in [0, 0.05) is 18.3 Å². The number of nitrogens with one attached hydrogen (secondary N) is 2. The van der Waals surface area contributed by atoms with Gasteiger partial charge in [0.25, 0.3) is 0 Å². The van der Waals surface area contributed by atoms with E-state index in [4.69, 9.17) is 12.2 Å². The van der Waals surface area contributed by atoms with Crippen molar-refractivity contribution in [1.29, 1.82) is 0 Å². The first kappa shape index (κ1) is 17.4. The van der Waals surface area contributed by atoms with Crippen LogP contribution in [-0.2, 0) is 4.79 Å². The van der Waals surface area contributed by atoms with Gasteiger partial charge < -0.3 is 15.5 Å². The van der Waals surface area contributed by atoms with Crippen molar-refractivity contribution in [3.8, 4) is 0 Å². The van der Waals surface area contributed by atoms with E-state index in [9.17, 15) is 4.79 Å². The zero-order valence-electron chi connectivity index (χ0n) is 13.5. The number of hydrogen-bond acceptors (Lipinski definition) is 2. The van der Waals surface area contributed by atoms with Gasteiger partial charge in [-0.3, -0.25) is 4.79 Å². The van der Waals surface area contributed by atoms with E-state index in [1.165, 1.54) is 5.56 Å². The average Bonchev–Trinajstić information content (AvgIpc) is 2.39. The van der Waals surface area contributed by atoms with Gasteiger partial charge in [-0.05, 0) is 64.0 Å². The van der Waals surface area contributed by atoms with Crippen LogP contribution in [0.3, 0.4) is 0 Å². The van der Waals surface area contributed by atoms with Gasteiger partial charge in [0.1, 0.15) is 0 Å². The van der Waals surface area contributed by atoms with Crippen molar-refractivity contribution < 1.29 is 4.79 Å². The summed E-state index contributed by atoms with van der Waals surface area (Å²) < 4.78 is 0. The van der Waals surface area contributed by atoms with E-state index in [0.717, 1.165) is 11.3 Å². The van der Waals surface area contributed by atoms with Crippen LogP contribution in [0.1, 0.15) is 31.9 Å². The second-order valence-electron chi connectivity index (χ2n) is 5.48. The normalized spacial score (nSPS) is 10.4. The second-order valence-corrected chi connectivity index (χ2v) is 5.87. The first-order valence-corrected chi connectivity index (χ1v) is 7.66. The van der Waals surface area contributed by atoms with Crippen molar-refractivity contribution in [2.75, 3.05) is 18.4 Å². The monoisotopic (exact) mass is 307 g/mol. The van der Waals surface area contributed by atoms with Gasteiger partial charge in [-0.15, -0.1) is 0 Å². The predicted molar refractivity (Wildman–Crippen MR) is 92.7 cm³/mol. The lowest BCUT2D eigenvalue weighted by atomic mass is 10.1. The lowest BCUT2D eigenvalue weighted by Gasteiger charge is -2.25. The van der Waals surface area contributed by atoms with Crippen molar-refractivity contribution >= 4 is 28.9 Å². The number of likely N-dealkylation sites (N-methyl/N-ethyl adjacent to an activating group) is 1. The lowest BCUT2D eigenvalue weighted by Crippen LogP contribution is -2.44.